The van der Waals surface area contributed by atoms with Crippen molar-refractivity contribution in [3.8, 4) is 5.75 Å². The van der Waals surface area contributed by atoms with Crippen LogP contribution >= 0.6 is 27.7 Å². The van der Waals surface area contributed by atoms with Crippen LogP contribution in [0, 0.1) is 0 Å². The van der Waals surface area contributed by atoms with Gasteiger partial charge in [-0.25, -0.2) is 9.48 Å². The van der Waals surface area contributed by atoms with E-state index in [1.165, 1.54) is 12.7 Å². The minimum Gasteiger partial charge on any atom is -0.489 e. The third-order valence-corrected chi connectivity index (χ3v) is 7.40. The molecule has 0 bridgehead atoms. The highest BCUT2D eigenvalue weighted by Crippen LogP contribution is 2.37. The number of carbonyl (C=O) groups excluding carboxylic acids is 1. The molecule has 3 aromatic carbocycles. The highest BCUT2D eigenvalue weighted by molar-refractivity contribution is 9.10. The maximum absolute atomic E-state index is 12.8. The summed E-state index contributed by atoms with van der Waals surface area (Å²) in [6.45, 7) is 2.31. The molecule has 1 N–H and O–H groups in total. The number of nitrogens with zero attached hydrogens (tertiary/aromatic N) is 3. The van der Waals surface area contributed by atoms with Crippen LogP contribution in [0.25, 0.3) is 0 Å². The second-order valence-electron chi connectivity index (χ2n) is 8.48. The molecule has 188 valence electrons. The van der Waals surface area contributed by atoms with E-state index >= 15 is 0 Å². The van der Waals surface area contributed by atoms with Crippen molar-refractivity contribution in [1.82, 2.24) is 14.8 Å². The number of anilines is 1. The molecule has 0 radical (unpaired) electrons. The Morgan fingerprint density at radius 2 is 1.76 bits per heavy atom. The first-order valence-electron chi connectivity index (χ1n) is 11.7. The molecule has 1 unspecified atom stereocenters. The zero-order valence-electron chi connectivity index (χ0n) is 20.3. The molecule has 1 aliphatic rings. The van der Waals surface area contributed by atoms with Crippen LogP contribution in [0.1, 0.15) is 29.7 Å². The van der Waals surface area contributed by atoms with Gasteiger partial charge in [0, 0.05) is 15.9 Å². The number of methoxy groups -OCH3 is 1. The summed E-state index contributed by atoms with van der Waals surface area (Å²) in [7, 11) is 1.39. The van der Waals surface area contributed by atoms with Crippen molar-refractivity contribution in [3.05, 3.63) is 111 Å². The topological polar surface area (TPSA) is 78.3 Å². The summed E-state index contributed by atoms with van der Waals surface area (Å²) in [5.41, 5.74) is 4.32. The Balaban J connectivity index is 1.39. The first-order valence-corrected chi connectivity index (χ1v) is 13.5. The Hall–Kier alpha value is -3.56. The van der Waals surface area contributed by atoms with E-state index in [-0.39, 0.29) is 0 Å². The van der Waals surface area contributed by atoms with Crippen LogP contribution in [0.3, 0.4) is 0 Å². The third kappa shape index (κ3) is 5.73. The van der Waals surface area contributed by atoms with Gasteiger partial charge >= 0.3 is 5.97 Å². The summed E-state index contributed by atoms with van der Waals surface area (Å²) in [5, 5.41) is 8.61. The van der Waals surface area contributed by atoms with Gasteiger partial charge in [0.25, 0.3) is 0 Å². The van der Waals surface area contributed by atoms with Crippen LogP contribution in [0.15, 0.2) is 99.8 Å². The minimum absolute atomic E-state index is 0.412. The van der Waals surface area contributed by atoms with Crippen LogP contribution in [-0.2, 0) is 21.9 Å². The number of thioether (sulfide) groups is 1. The van der Waals surface area contributed by atoms with E-state index in [4.69, 9.17) is 14.6 Å². The fourth-order valence-electron chi connectivity index (χ4n) is 4.09. The molecule has 0 saturated heterocycles. The van der Waals surface area contributed by atoms with Crippen molar-refractivity contribution < 1.29 is 14.3 Å². The number of nitrogens with one attached hydrogen (secondary N) is 1. The molecule has 0 amide bonds. The average Bonchev–Trinajstić information content (AvgIpc) is 3.33. The van der Waals surface area contributed by atoms with Gasteiger partial charge in [0.15, 0.2) is 0 Å². The van der Waals surface area contributed by atoms with Crippen molar-refractivity contribution in [2.24, 2.45) is 0 Å². The number of allylic oxidation sites excluding steroid dienone is 1. The molecule has 1 aliphatic heterocycles. The van der Waals surface area contributed by atoms with Crippen LogP contribution in [0.2, 0.25) is 0 Å². The van der Waals surface area contributed by atoms with Gasteiger partial charge in [-0.05, 0) is 47.9 Å². The van der Waals surface area contributed by atoms with Crippen LogP contribution < -0.4 is 10.1 Å². The first-order chi connectivity index (χ1) is 18.0. The van der Waals surface area contributed by atoms with Gasteiger partial charge < -0.3 is 14.8 Å². The number of hydrogen-bond donors (Lipinski definition) is 1. The van der Waals surface area contributed by atoms with Gasteiger partial charge in [0.05, 0.1) is 12.7 Å². The second kappa shape index (κ2) is 11.2. The van der Waals surface area contributed by atoms with Crippen LogP contribution in [0.4, 0.5) is 5.95 Å². The number of rotatable bonds is 8. The summed E-state index contributed by atoms with van der Waals surface area (Å²) < 4.78 is 13.9. The van der Waals surface area contributed by atoms with E-state index in [9.17, 15) is 4.79 Å². The molecule has 0 saturated carbocycles. The molecule has 1 atom stereocenters. The molecule has 0 fully saturated rings. The SMILES string of the molecule is COC(=O)C1=C(C)Nc2nc(SCc3ccccc3)nn2C1c1ccc(OCc2ccc(Br)cc2)cc1. The van der Waals surface area contributed by atoms with E-state index in [0.29, 0.717) is 29.0 Å². The van der Waals surface area contributed by atoms with Crippen molar-refractivity contribution in [1.29, 1.82) is 0 Å². The molecular formula is C28H25BrN4O3S. The zero-order chi connectivity index (χ0) is 25.8. The Labute approximate surface area is 228 Å². The monoisotopic (exact) mass is 576 g/mol. The number of carbonyl (C=O) groups is 1. The molecule has 4 aromatic rings. The Morgan fingerprint density at radius 1 is 1.03 bits per heavy atom. The van der Waals surface area contributed by atoms with E-state index < -0.39 is 12.0 Å². The number of aromatic nitrogens is 3. The van der Waals surface area contributed by atoms with Gasteiger partial charge in [-0.1, -0.05) is 82.3 Å². The number of benzene rings is 3. The number of fused-ring (bicyclic) bond motifs is 1. The predicted octanol–water partition coefficient (Wildman–Crippen LogP) is 6.37. The predicted molar refractivity (Wildman–Crippen MR) is 147 cm³/mol. The molecule has 0 spiro atoms. The largest absolute Gasteiger partial charge is 0.489 e. The van der Waals surface area contributed by atoms with Crippen molar-refractivity contribution in [2.75, 3.05) is 12.4 Å². The molecule has 7 nitrogen and oxygen atoms in total. The molecule has 1 aromatic heterocycles. The van der Waals surface area contributed by atoms with Crippen LogP contribution in [-0.4, -0.2) is 27.8 Å². The lowest BCUT2D eigenvalue weighted by molar-refractivity contribution is -0.136. The smallest absolute Gasteiger partial charge is 0.338 e. The first kappa shape index (κ1) is 25.1. The molecule has 5 rings (SSSR count). The van der Waals surface area contributed by atoms with Crippen molar-refractivity contribution >= 4 is 39.6 Å². The second-order valence-corrected chi connectivity index (χ2v) is 10.3. The summed E-state index contributed by atoms with van der Waals surface area (Å²) >= 11 is 5.00. The lowest BCUT2D eigenvalue weighted by atomic mass is 9.96. The lowest BCUT2D eigenvalue weighted by Crippen LogP contribution is -2.29. The fourth-order valence-corrected chi connectivity index (χ4v) is 5.14. The van der Waals surface area contributed by atoms with E-state index in [2.05, 4.69) is 38.4 Å². The van der Waals surface area contributed by atoms with Crippen LogP contribution in [0.5, 0.6) is 5.75 Å². The van der Waals surface area contributed by atoms with Gasteiger partial charge in [-0.3, -0.25) is 0 Å². The minimum atomic E-state index is -0.484. The quantitative estimate of drug-likeness (QED) is 0.193. The number of hydrogen-bond acceptors (Lipinski definition) is 7. The highest BCUT2D eigenvalue weighted by atomic mass is 79.9. The normalized spacial score (nSPS) is 14.6. The third-order valence-electron chi connectivity index (χ3n) is 5.96. The molecule has 2 heterocycles. The number of ether oxygens (including phenoxy) is 2. The number of esters is 1. The fraction of sp³-hybridized carbons (Fsp3) is 0.179. The van der Waals surface area contributed by atoms with Gasteiger partial charge in [0.1, 0.15) is 18.4 Å². The average molecular weight is 578 g/mol. The van der Waals surface area contributed by atoms with Crippen molar-refractivity contribution in [3.63, 3.8) is 0 Å². The van der Waals surface area contributed by atoms with Gasteiger partial charge in [-0.2, -0.15) is 4.98 Å². The molecule has 9 heteroatoms. The standard InChI is InChI=1S/C28H25BrN4O3S/c1-18-24(26(34)35-2)25(21-10-14-23(15-11-21)36-16-19-8-12-22(29)13-9-19)33-27(30-18)31-28(32-33)37-17-20-6-4-3-5-7-20/h3-15,25H,16-17H2,1-2H3,(H,30,31,32). The summed E-state index contributed by atoms with van der Waals surface area (Å²) in [5.74, 6) is 1.65. The summed E-state index contributed by atoms with van der Waals surface area (Å²) in [6.07, 6.45) is 0. The zero-order valence-corrected chi connectivity index (χ0v) is 22.8. The maximum Gasteiger partial charge on any atom is 0.338 e. The molecule has 0 aliphatic carbocycles. The van der Waals surface area contributed by atoms with E-state index in [0.717, 1.165) is 27.1 Å². The number of halogens is 1. The van der Waals surface area contributed by atoms with E-state index in [1.807, 2.05) is 73.7 Å². The van der Waals surface area contributed by atoms with Crippen molar-refractivity contribution in [2.45, 2.75) is 30.5 Å². The highest BCUT2D eigenvalue weighted by Gasteiger charge is 2.35. The Morgan fingerprint density at radius 3 is 2.46 bits per heavy atom. The molecule has 37 heavy (non-hydrogen) atoms. The Kier molecular flexibility index (Phi) is 7.62. The van der Waals surface area contributed by atoms with E-state index in [1.54, 1.807) is 16.4 Å². The summed E-state index contributed by atoms with van der Waals surface area (Å²) in [4.78, 5) is 17.5. The Bertz CT molecular complexity index is 1420. The lowest BCUT2D eigenvalue weighted by Gasteiger charge is -2.27. The van der Waals surface area contributed by atoms with Gasteiger partial charge in [-0.15, -0.1) is 5.10 Å². The van der Waals surface area contributed by atoms with Gasteiger partial charge in [0.2, 0.25) is 11.1 Å². The summed E-state index contributed by atoms with van der Waals surface area (Å²) in [6, 6.07) is 25.4. The molecular weight excluding hydrogens is 552 g/mol. The maximum atomic E-state index is 12.8.